The van der Waals surface area contributed by atoms with Crippen LogP contribution in [-0.4, -0.2) is 44.1 Å². The number of benzene rings is 2. The van der Waals surface area contributed by atoms with E-state index in [2.05, 4.69) is 9.46 Å². The van der Waals surface area contributed by atoms with E-state index >= 15 is 0 Å². The van der Waals surface area contributed by atoms with Crippen LogP contribution in [0.3, 0.4) is 0 Å². The van der Waals surface area contributed by atoms with Crippen molar-refractivity contribution in [3.05, 3.63) is 58.7 Å². The van der Waals surface area contributed by atoms with E-state index in [1.165, 1.54) is 36.4 Å². The lowest BCUT2D eigenvalue weighted by molar-refractivity contribution is -0.148. The zero-order valence-electron chi connectivity index (χ0n) is 16.8. The number of nitrogens with one attached hydrogen (secondary N) is 1. The predicted octanol–water partition coefficient (Wildman–Crippen LogP) is 3.09. The van der Waals surface area contributed by atoms with Crippen molar-refractivity contribution in [2.45, 2.75) is 43.8 Å². The topological polar surface area (TPSA) is 95.9 Å². The highest BCUT2D eigenvalue weighted by Crippen LogP contribution is 2.25. The number of rotatable bonds is 10. The summed E-state index contributed by atoms with van der Waals surface area (Å²) in [5.41, 5.74) is 1.90. The summed E-state index contributed by atoms with van der Waals surface area (Å²) < 4.78 is 82.1. The number of aryl methyl sites for hydroxylation is 1. The third-order valence-corrected chi connectivity index (χ3v) is 6.09. The van der Waals surface area contributed by atoms with Crippen molar-refractivity contribution < 1.29 is 40.9 Å². The summed E-state index contributed by atoms with van der Waals surface area (Å²) in [6.07, 6.45) is -5.38. The van der Waals surface area contributed by atoms with Gasteiger partial charge in [-0.2, -0.15) is 8.78 Å². The van der Waals surface area contributed by atoms with Crippen LogP contribution in [0.25, 0.3) is 0 Å². The lowest BCUT2D eigenvalue weighted by Crippen LogP contribution is -2.33. The predicted molar refractivity (Wildman–Crippen MR) is 105 cm³/mol. The van der Waals surface area contributed by atoms with E-state index in [4.69, 9.17) is 0 Å². The van der Waals surface area contributed by atoms with E-state index in [9.17, 15) is 36.2 Å². The molecule has 0 aromatic heterocycles. The molecule has 0 amide bonds. The molecule has 172 valence electrons. The van der Waals surface area contributed by atoms with E-state index < -0.39 is 35.3 Å². The molecule has 0 aliphatic carbocycles. The van der Waals surface area contributed by atoms with Crippen molar-refractivity contribution in [1.29, 1.82) is 0 Å². The molecule has 0 unspecified atom stereocenters. The number of alkyl halides is 4. The Morgan fingerprint density at radius 3 is 2.26 bits per heavy atom. The molecule has 6 nitrogen and oxygen atoms in total. The third-order valence-electron chi connectivity index (χ3n) is 4.65. The maximum Gasteiger partial charge on any atom is 0.340 e. The normalized spacial score (nSPS) is 12.6. The molecule has 2 aromatic carbocycles. The van der Waals surface area contributed by atoms with Gasteiger partial charge in [-0.15, -0.1) is 0 Å². The molecule has 0 saturated carbocycles. The van der Waals surface area contributed by atoms with E-state index in [-0.39, 0.29) is 29.2 Å². The Morgan fingerprint density at radius 1 is 1.10 bits per heavy atom. The SMILES string of the molecule is Cc1cc(S(=O)(=O)NCCc2ccc(OCC(F)(F)C(F)F)cc2)cc(C(O)O)c1C. The van der Waals surface area contributed by atoms with Gasteiger partial charge in [-0.05, 0) is 61.2 Å². The molecule has 0 fully saturated rings. The summed E-state index contributed by atoms with van der Waals surface area (Å²) in [6, 6.07) is 8.26. The number of sulfonamides is 1. The van der Waals surface area contributed by atoms with Gasteiger partial charge in [0.25, 0.3) is 0 Å². The maximum absolute atomic E-state index is 12.9. The first-order chi connectivity index (χ1) is 14.3. The zero-order valence-corrected chi connectivity index (χ0v) is 17.6. The van der Waals surface area contributed by atoms with Crippen LogP contribution >= 0.6 is 0 Å². The van der Waals surface area contributed by atoms with Gasteiger partial charge in [0.2, 0.25) is 10.0 Å². The highest BCUT2D eigenvalue weighted by atomic mass is 32.2. The molecule has 0 aliphatic rings. The van der Waals surface area contributed by atoms with Crippen LogP contribution in [0.2, 0.25) is 0 Å². The molecule has 0 radical (unpaired) electrons. The third kappa shape index (κ3) is 6.63. The second-order valence-electron chi connectivity index (χ2n) is 6.97. The summed E-state index contributed by atoms with van der Waals surface area (Å²) in [5, 5.41) is 18.9. The Bertz CT molecular complexity index is 995. The van der Waals surface area contributed by atoms with E-state index in [0.717, 1.165) is 0 Å². The highest BCUT2D eigenvalue weighted by Gasteiger charge is 2.41. The largest absolute Gasteiger partial charge is 0.487 e. The van der Waals surface area contributed by atoms with Gasteiger partial charge in [-0.3, -0.25) is 0 Å². The molecule has 2 aromatic rings. The van der Waals surface area contributed by atoms with Crippen molar-refractivity contribution >= 4 is 10.0 Å². The Kier molecular flexibility index (Phi) is 8.04. The minimum Gasteiger partial charge on any atom is -0.487 e. The second kappa shape index (κ2) is 9.94. The fraction of sp³-hybridized carbons (Fsp3) is 0.400. The molecular weight excluding hydrogens is 442 g/mol. The zero-order chi connectivity index (χ0) is 23.4. The number of aliphatic hydroxyl groups excluding tert-OH is 1. The first-order valence-electron chi connectivity index (χ1n) is 9.18. The molecule has 0 saturated heterocycles. The van der Waals surface area contributed by atoms with Crippen LogP contribution in [0.4, 0.5) is 17.6 Å². The monoisotopic (exact) mass is 465 g/mol. The van der Waals surface area contributed by atoms with Crippen molar-refractivity contribution in [2.24, 2.45) is 0 Å². The van der Waals surface area contributed by atoms with Gasteiger partial charge in [0.1, 0.15) is 5.75 Å². The molecule has 0 spiro atoms. The molecule has 3 N–H and O–H groups in total. The Balaban J connectivity index is 1.97. The van der Waals surface area contributed by atoms with Gasteiger partial charge in [-0.25, -0.2) is 21.9 Å². The molecule has 0 heterocycles. The lowest BCUT2D eigenvalue weighted by atomic mass is 10.0. The van der Waals surface area contributed by atoms with Gasteiger partial charge >= 0.3 is 12.3 Å². The average Bonchev–Trinajstić information content (AvgIpc) is 2.68. The average molecular weight is 465 g/mol. The molecular formula is C20H23F4NO5S. The summed E-state index contributed by atoms with van der Waals surface area (Å²) in [6.45, 7) is 1.86. The van der Waals surface area contributed by atoms with Crippen LogP contribution < -0.4 is 9.46 Å². The highest BCUT2D eigenvalue weighted by molar-refractivity contribution is 7.89. The molecule has 2 rings (SSSR count). The first-order valence-corrected chi connectivity index (χ1v) is 10.7. The molecule has 11 heteroatoms. The minimum absolute atomic E-state index is 0.00985. The van der Waals surface area contributed by atoms with Gasteiger partial charge in [0, 0.05) is 12.1 Å². The number of halogens is 4. The van der Waals surface area contributed by atoms with Crippen molar-refractivity contribution in [2.75, 3.05) is 13.2 Å². The fourth-order valence-electron chi connectivity index (χ4n) is 2.68. The van der Waals surface area contributed by atoms with Crippen molar-refractivity contribution in [1.82, 2.24) is 4.72 Å². The van der Waals surface area contributed by atoms with E-state index in [0.29, 0.717) is 16.7 Å². The molecule has 0 aliphatic heterocycles. The van der Waals surface area contributed by atoms with Crippen LogP contribution in [0.15, 0.2) is 41.3 Å². The standard InChI is InChI=1S/C20H23F4NO5S/c1-12-9-16(10-17(13(12)2)18(26)27)31(28,29)25-8-7-14-3-5-15(6-4-14)30-11-20(23,24)19(21)22/h3-6,9-10,18-19,25-27H,7-8,11H2,1-2H3. The van der Waals surface area contributed by atoms with Crippen LogP contribution in [0.1, 0.15) is 28.5 Å². The first kappa shape index (κ1) is 25.1. The van der Waals surface area contributed by atoms with E-state index in [1.807, 2.05) is 0 Å². The quantitative estimate of drug-likeness (QED) is 0.370. The number of aliphatic hydroxyl groups is 2. The lowest BCUT2D eigenvalue weighted by Gasteiger charge is -2.16. The van der Waals surface area contributed by atoms with Gasteiger partial charge in [0.15, 0.2) is 12.9 Å². The van der Waals surface area contributed by atoms with Crippen LogP contribution in [0, 0.1) is 13.8 Å². The number of hydrogen-bond acceptors (Lipinski definition) is 5. The van der Waals surface area contributed by atoms with Crippen molar-refractivity contribution in [3.63, 3.8) is 0 Å². The summed E-state index contributed by atoms with van der Waals surface area (Å²) in [4.78, 5) is -0.109. The maximum atomic E-state index is 12.9. The van der Waals surface area contributed by atoms with Gasteiger partial charge in [-0.1, -0.05) is 12.1 Å². The number of hydrogen-bond donors (Lipinski definition) is 3. The fourth-order valence-corrected chi connectivity index (χ4v) is 3.84. The van der Waals surface area contributed by atoms with Gasteiger partial charge < -0.3 is 14.9 Å². The van der Waals surface area contributed by atoms with Crippen LogP contribution in [0.5, 0.6) is 5.75 Å². The molecule has 31 heavy (non-hydrogen) atoms. The van der Waals surface area contributed by atoms with Crippen LogP contribution in [-0.2, 0) is 16.4 Å². The Morgan fingerprint density at radius 2 is 1.71 bits per heavy atom. The molecule has 0 bridgehead atoms. The summed E-state index contributed by atoms with van der Waals surface area (Å²) in [7, 11) is -3.92. The Hall–Kier alpha value is -2.21. The summed E-state index contributed by atoms with van der Waals surface area (Å²) in [5.74, 6) is -4.27. The molecule has 0 atom stereocenters. The van der Waals surface area contributed by atoms with E-state index in [1.54, 1.807) is 13.8 Å². The Labute approximate surface area is 177 Å². The second-order valence-corrected chi connectivity index (χ2v) is 8.74. The van der Waals surface area contributed by atoms with Gasteiger partial charge in [0.05, 0.1) is 4.90 Å². The van der Waals surface area contributed by atoms with Crippen molar-refractivity contribution in [3.8, 4) is 5.75 Å². The number of ether oxygens (including phenoxy) is 1. The smallest absolute Gasteiger partial charge is 0.340 e. The minimum atomic E-state index is -4.25. The summed E-state index contributed by atoms with van der Waals surface area (Å²) >= 11 is 0.